The summed E-state index contributed by atoms with van der Waals surface area (Å²) in [6.45, 7) is 6.92. The van der Waals surface area contributed by atoms with E-state index in [4.69, 9.17) is 9.47 Å². The van der Waals surface area contributed by atoms with Gasteiger partial charge in [0.1, 0.15) is 5.75 Å². The van der Waals surface area contributed by atoms with Crippen molar-refractivity contribution in [1.29, 1.82) is 0 Å². The molecular formula is C25H33N3O3. The maximum atomic E-state index is 12.5. The Morgan fingerprint density at radius 1 is 1.13 bits per heavy atom. The third-order valence-electron chi connectivity index (χ3n) is 6.21. The van der Waals surface area contributed by atoms with E-state index in [2.05, 4.69) is 40.4 Å². The monoisotopic (exact) mass is 423 g/mol. The van der Waals surface area contributed by atoms with Crippen molar-refractivity contribution in [3.63, 3.8) is 0 Å². The first-order valence-electron chi connectivity index (χ1n) is 11.2. The zero-order chi connectivity index (χ0) is 21.6. The van der Waals surface area contributed by atoms with Crippen LogP contribution in [0.2, 0.25) is 0 Å². The summed E-state index contributed by atoms with van der Waals surface area (Å²) in [7, 11) is 2.16. The van der Waals surface area contributed by atoms with Gasteiger partial charge < -0.3 is 19.7 Å². The van der Waals surface area contributed by atoms with E-state index in [-0.39, 0.29) is 18.6 Å². The standard InChI is InChI=1S/C25H33N3O3/c1-19-5-8-22(9-6-19)31-18-25(29)26-17-24(28-12-14-30-15-13-28)21-7-10-23-20(16-21)4-3-11-27(23)2/h5-10,16,24H,3-4,11-15,17-18H2,1-2H3,(H,26,29). The molecule has 0 saturated carbocycles. The molecule has 0 bridgehead atoms. The second-order valence-electron chi connectivity index (χ2n) is 8.48. The van der Waals surface area contributed by atoms with Gasteiger partial charge in [0.05, 0.1) is 19.3 Å². The van der Waals surface area contributed by atoms with Crippen LogP contribution < -0.4 is 15.0 Å². The Labute approximate surface area is 185 Å². The molecule has 0 aliphatic carbocycles. The van der Waals surface area contributed by atoms with Crippen molar-refractivity contribution in [3.05, 3.63) is 59.2 Å². The van der Waals surface area contributed by atoms with Crippen molar-refractivity contribution in [1.82, 2.24) is 10.2 Å². The molecule has 31 heavy (non-hydrogen) atoms. The number of hydrogen-bond acceptors (Lipinski definition) is 5. The molecule has 2 aromatic carbocycles. The van der Waals surface area contributed by atoms with Crippen molar-refractivity contribution in [2.75, 3.05) is 57.9 Å². The maximum Gasteiger partial charge on any atom is 0.258 e. The van der Waals surface area contributed by atoms with E-state index in [1.165, 1.54) is 28.8 Å². The Morgan fingerprint density at radius 3 is 2.68 bits per heavy atom. The lowest BCUT2D eigenvalue weighted by Gasteiger charge is -2.36. The number of benzene rings is 2. The third kappa shape index (κ3) is 5.57. The van der Waals surface area contributed by atoms with Gasteiger partial charge in [-0.3, -0.25) is 9.69 Å². The van der Waals surface area contributed by atoms with Gasteiger partial charge in [-0.15, -0.1) is 0 Å². The number of carbonyl (C=O) groups is 1. The summed E-state index contributed by atoms with van der Waals surface area (Å²) >= 11 is 0. The van der Waals surface area contributed by atoms with Crippen LogP contribution in [0.5, 0.6) is 5.75 Å². The highest BCUT2D eigenvalue weighted by molar-refractivity contribution is 5.77. The van der Waals surface area contributed by atoms with Gasteiger partial charge in [-0.1, -0.05) is 29.8 Å². The fourth-order valence-corrected chi connectivity index (χ4v) is 4.40. The number of carbonyl (C=O) groups excluding carboxylic acids is 1. The first-order chi connectivity index (χ1) is 15.1. The van der Waals surface area contributed by atoms with Crippen molar-refractivity contribution in [3.8, 4) is 5.75 Å². The van der Waals surface area contributed by atoms with E-state index in [9.17, 15) is 4.79 Å². The van der Waals surface area contributed by atoms with Crippen LogP contribution in [-0.2, 0) is 16.0 Å². The largest absolute Gasteiger partial charge is 0.484 e. The molecule has 1 unspecified atom stereocenters. The van der Waals surface area contributed by atoms with Crippen LogP contribution in [0.3, 0.4) is 0 Å². The molecule has 0 spiro atoms. The molecule has 6 nitrogen and oxygen atoms in total. The molecule has 4 rings (SSSR count). The number of amides is 1. The minimum Gasteiger partial charge on any atom is -0.484 e. The zero-order valence-corrected chi connectivity index (χ0v) is 18.6. The summed E-state index contributed by atoms with van der Waals surface area (Å²) in [4.78, 5) is 17.2. The van der Waals surface area contributed by atoms with E-state index in [0.29, 0.717) is 12.3 Å². The summed E-state index contributed by atoms with van der Waals surface area (Å²) in [6.07, 6.45) is 2.29. The Hall–Kier alpha value is -2.57. The normalized spacial score (nSPS) is 17.7. The highest BCUT2D eigenvalue weighted by Gasteiger charge is 2.25. The van der Waals surface area contributed by atoms with Crippen LogP contribution in [0.4, 0.5) is 5.69 Å². The second-order valence-corrected chi connectivity index (χ2v) is 8.48. The van der Waals surface area contributed by atoms with Crippen molar-refractivity contribution in [2.24, 2.45) is 0 Å². The molecule has 1 amide bonds. The zero-order valence-electron chi connectivity index (χ0n) is 18.6. The summed E-state index contributed by atoms with van der Waals surface area (Å²) < 4.78 is 11.2. The van der Waals surface area contributed by atoms with E-state index >= 15 is 0 Å². The Morgan fingerprint density at radius 2 is 1.90 bits per heavy atom. The topological polar surface area (TPSA) is 54.0 Å². The predicted molar refractivity (Wildman–Crippen MR) is 123 cm³/mol. The van der Waals surface area contributed by atoms with Gasteiger partial charge in [0, 0.05) is 38.9 Å². The van der Waals surface area contributed by atoms with Gasteiger partial charge in [-0.05, 0) is 49.1 Å². The van der Waals surface area contributed by atoms with Crippen molar-refractivity contribution < 1.29 is 14.3 Å². The molecule has 2 heterocycles. The molecule has 2 aromatic rings. The highest BCUT2D eigenvalue weighted by Crippen LogP contribution is 2.30. The van der Waals surface area contributed by atoms with Gasteiger partial charge in [0.25, 0.3) is 5.91 Å². The first-order valence-corrected chi connectivity index (χ1v) is 11.2. The fourth-order valence-electron chi connectivity index (χ4n) is 4.40. The molecule has 0 aromatic heterocycles. The van der Waals surface area contributed by atoms with Gasteiger partial charge >= 0.3 is 0 Å². The molecular weight excluding hydrogens is 390 g/mol. The quantitative estimate of drug-likeness (QED) is 0.742. The number of morpholine rings is 1. The summed E-state index contributed by atoms with van der Waals surface area (Å²) in [6, 6.07) is 14.7. The third-order valence-corrected chi connectivity index (χ3v) is 6.21. The van der Waals surface area contributed by atoms with Crippen LogP contribution in [0.1, 0.15) is 29.2 Å². The van der Waals surface area contributed by atoms with Crippen LogP contribution in [0.15, 0.2) is 42.5 Å². The number of hydrogen-bond donors (Lipinski definition) is 1. The van der Waals surface area contributed by atoms with E-state index in [1.807, 2.05) is 31.2 Å². The SMILES string of the molecule is Cc1ccc(OCC(=O)NCC(c2ccc3c(c2)CCCN3C)N2CCOCC2)cc1. The van der Waals surface area contributed by atoms with Crippen LogP contribution in [0, 0.1) is 6.92 Å². The van der Waals surface area contributed by atoms with Crippen LogP contribution in [0.25, 0.3) is 0 Å². The highest BCUT2D eigenvalue weighted by atomic mass is 16.5. The number of ether oxygens (including phenoxy) is 2. The van der Waals surface area contributed by atoms with Gasteiger partial charge in [-0.2, -0.15) is 0 Å². The summed E-state index contributed by atoms with van der Waals surface area (Å²) in [5, 5.41) is 3.09. The molecule has 2 aliphatic heterocycles. The lowest BCUT2D eigenvalue weighted by molar-refractivity contribution is -0.123. The number of rotatable bonds is 7. The van der Waals surface area contributed by atoms with E-state index in [0.717, 1.165) is 39.3 Å². The fraction of sp³-hybridized carbons (Fsp3) is 0.480. The van der Waals surface area contributed by atoms with Crippen molar-refractivity contribution in [2.45, 2.75) is 25.8 Å². The van der Waals surface area contributed by atoms with Crippen LogP contribution >= 0.6 is 0 Å². The Balaban J connectivity index is 1.42. The maximum absolute atomic E-state index is 12.5. The summed E-state index contributed by atoms with van der Waals surface area (Å²) in [5.41, 5.74) is 5.15. The molecule has 1 fully saturated rings. The minimum atomic E-state index is -0.100. The van der Waals surface area contributed by atoms with E-state index < -0.39 is 0 Å². The Kier molecular flexibility index (Phi) is 7.10. The van der Waals surface area contributed by atoms with Gasteiger partial charge in [-0.25, -0.2) is 0 Å². The molecule has 1 N–H and O–H groups in total. The van der Waals surface area contributed by atoms with Crippen LogP contribution in [-0.4, -0.2) is 63.9 Å². The molecule has 6 heteroatoms. The Bertz CT molecular complexity index is 878. The van der Waals surface area contributed by atoms with Gasteiger partial charge in [0.15, 0.2) is 6.61 Å². The average Bonchev–Trinajstić information content (AvgIpc) is 2.80. The van der Waals surface area contributed by atoms with Gasteiger partial charge in [0.2, 0.25) is 0 Å². The molecule has 1 saturated heterocycles. The number of nitrogens with zero attached hydrogens (tertiary/aromatic N) is 2. The minimum absolute atomic E-state index is 0.0217. The molecule has 1 atom stereocenters. The first kappa shape index (κ1) is 21.7. The number of fused-ring (bicyclic) bond motifs is 1. The molecule has 2 aliphatic rings. The smallest absolute Gasteiger partial charge is 0.258 e. The average molecular weight is 424 g/mol. The lowest BCUT2D eigenvalue weighted by atomic mass is 9.95. The number of nitrogens with one attached hydrogen (secondary N) is 1. The van der Waals surface area contributed by atoms with E-state index in [1.54, 1.807) is 0 Å². The van der Waals surface area contributed by atoms with Crippen molar-refractivity contribution >= 4 is 11.6 Å². The predicted octanol–water partition coefficient (Wildman–Crippen LogP) is 2.95. The summed E-state index contributed by atoms with van der Waals surface area (Å²) in [5.74, 6) is 0.612. The lowest BCUT2D eigenvalue weighted by Crippen LogP contribution is -2.44. The molecule has 0 radical (unpaired) electrons. The second kappa shape index (κ2) is 10.2. The molecule has 166 valence electrons. The number of anilines is 1. The number of aryl methyl sites for hydroxylation is 2.